The maximum atomic E-state index is 11.0. The standard InChI is InChI=1S/C17H19NO5/c1-10(19)22-9-17(2,20)14-8-12-15(21-3)11-6-4-5-7-13(11)18-16(12)23-14/h4-7,14,20H,8-9H2,1-3H3/t14?,17-/m0/s1. The van der Waals surface area contributed by atoms with Crippen molar-refractivity contribution in [3.63, 3.8) is 0 Å². The molecule has 23 heavy (non-hydrogen) atoms. The van der Waals surface area contributed by atoms with Crippen molar-refractivity contribution in [3.05, 3.63) is 29.8 Å². The second-order valence-corrected chi connectivity index (χ2v) is 5.89. The first-order valence-electron chi connectivity index (χ1n) is 7.40. The van der Waals surface area contributed by atoms with Gasteiger partial charge in [-0.25, -0.2) is 4.98 Å². The van der Waals surface area contributed by atoms with Gasteiger partial charge in [0.2, 0.25) is 5.88 Å². The highest BCUT2D eigenvalue weighted by Crippen LogP contribution is 2.41. The van der Waals surface area contributed by atoms with Gasteiger partial charge in [-0.15, -0.1) is 0 Å². The molecule has 6 heteroatoms. The first-order chi connectivity index (χ1) is 10.9. The van der Waals surface area contributed by atoms with Crippen LogP contribution in [-0.4, -0.2) is 41.5 Å². The van der Waals surface area contributed by atoms with Crippen LogP contribution in [0.25, 0.3) is 10.9 Å². The van der Waals surface area contributed by atoms with E-state index < -0.39 is 17.7 Å². The number of aromatic nitrogens is 1. The lowest BCUT2D eigenvalue weighted by atomic mass is 9.95. The molecule has 3 rings (SSSR count). The van der Waals surface area contributed by atoms with Crippen molar-refractivity contribution in [1.29, 1.82) is 0 Å². The van der Waals surface area contributed by atoms with Gasteiger partial charge in [0, 0.05) is 18.7 Å². The highest BCUT2D eigenvalue weighted by molar-refractivity contribution is 5.87. The zero-order chi connectivity index (χ0) is 16.6. The number of nitrogens with zero attached hydrogens (tertiary/aromatic N) is 1. The highest BCUT2D eigenvalue weighted by atomic mass is 16.6. The lowest BCUT2D eigenvalue weighted by Gasteiger charge is -2.28. The number of hydrogen-bond acceptors (Lipinski definition) is 6. The van der Waals surface area contributed by atoms with E-state index in [9.17, 15) is 9.90 Å². The third kappa shape index (κ3) is 2.82. The van der Waals surface area contributed by atoms with Crippen molar-refractivity contribution in [1.82, 2.24) is 4.98 Å². The van der Waals surface area contributed by atoms with Crippen LogP contribution in [-0.2, 0) is 16.0 Å². The number of fused-ring (bicyclic) bond motifs is 2. The predicted molar refractivity (Wildman–Crippen MR) is 83.7 cm³/mol. The van der Waals surface area contributed by atoms with Crippen molar-refractivity contribution >= 4 is 16.9 Å². The molecule has 0 saturated heterocycles. The monoisotopic (exact) mass is 317 g/mol. The number of esters is 1. The van der Waals surface area contributed by atoms with Gasteiger partial charge in [-0.1, -0.05) is 12.1 Å². The van der Waals surface area contributed by atoms with E-state index >= 15 is 0 Å². The smallest absolute Gasteiger partial charge is 0.302 e. The van der Waals surface area contributed by atoms with Gasteiger partial charge in [-0.05, 0) is 19.1 Å². The Hall–Kier alpha value is -2.34. The number of pyridine rings is 1. The predicted octanol–water partition coefficient (Wildman–Crippen LogP) is 1.86. The molecule has 2 heterocycles. The van der Waals surface area contributed by atoms with Gasteiger partial charge in [0.15, 0.2) is 0 Å². The molecular weight excluding hydrogens is 298 g/mol. The van der Waals surface area contributed by atoms with Crippen molar-refractivity contribution in [3.8, 4) is 11.6 Å². The van der Waals surface area contributed by atoms with Crippen LogP contribution >= 0.6 is 0 Å². The van der Waals surface area contributed by atoms with Crippen LogP contribution < -0.4 is 9.47 Å². The molecule has 0 saturated carbocycles. The van der Waals surface area contributed by atoms with Gasteiger partial charge in [-0.2, -0.15) is 0 Å². The summed E-state index contributed by atoms with van der Waals surface area (Å²) in [5.41, 5.74) is 0.270. The SMILES string of the molecule is COc1c2c(nc3ccccc13)OC([C@@](C)(O)COC(C)=O)C2. The molecule has 0 bridgehead atoms. The number of hydrogen-bond donors (Lipinski definition) is 1. The zero-order valence-electron chi connectivity index (χ0n) is 13.3. The minimum absolute atomic E-state index is 0.136. The molecule has 6 nitrogen and oxygen atoms in total. The Labute approximate surface area is 134 Å². The van der Waals surface area contributed by atoms with Crippen molar-refractivity contribution < 1.29 is 24.1 Å². The van der Waals surface area contributed by atoms with Gasteiger partial charge < -0.3 is 19.3 Å². The summed E-state index contributed by atoms with van der Waals surface area (Å²) in [4.78, 5) is 15.5. The van der Waals surface area contributed by atoms with Crippen LogP contribution in [0.1, 0.15) is 19.4 Å². The molecular formula is C17H19NO5. The van der Waals surface area contributed by atoms with Crippen LogP contribution in [0.15, 0.2) is 24.3 Å². The fourth-order valence-electron chi connectivity index (χ4n) is 2.76. The normalized spacial score (nSPS) is 18.9. The number of carbonyl (C=O) groups is 1. The minimum Gasteiger partial charge on any atom is -0.496 e. The zero-order valence-corrected chi connectivity index (χ0v) is 13.3. The van der Waals surface area contributed by atoms with Crippen LogP contribution in [0, 0.1) is 0 Å². The van der Waals surface area contributed by atoms with E-state index in [4.69, 9.17) is 14.2 Å². The molecule has 122 valence electrons. The Morgan fingerprint density at radius 2 is 2.22 bits per heavy atom. The lowest BCUT2D eigenvalue weighted by molar-refractivity contribution is -0.153. The number of rotatable bonds is 4. The van der Waals surface area contributed by atoms with E-state index in [2.05, 4.69) is 4.98 Å². The van der Waals surface area contributed by atoms with Gasteiger partial charge in [0.05, 0.1) is 18.2 Å². The first kappa shape index (κ1) is 15.6. The number of aliphatic hydroxyl groups is 1. The molecule has 0 aliphatic carbocycles. The molecule has 1 aromatic carbocycles. The quantitative estimate of drug-likeness (QED) is 0.867. The molecule has 1 aromatic heterocycles. The Morgan fingerprint density at radius 3 is 2.91 bits per heavy atom. The molecule has 0 amide bonds. The Balaban J connectivity index is 1.94. The second kappa shape index (κ2) is 5.70. The third-order valence-corrected chi connectivity index (χ3v) is 4.01. The average Bonchev–Trinajstić information content (AvgIpc) is 2.95. The lowest BCUT2D eigenvalue weighted by Crippen LogP contribution is -2.46. The van der Waals surface area contributed by atoms with E-state index in [1.165, 1.54) is 6.92 Å². The van der Waals surface area contributed by atoms with E-state index in [0.29, 0.717) is 18.1 Å². The summed E-state index contributed by atoms with van der Waals surface area (Å²) < 4.78 is 16.3. The Morgan fingerprint density at radius 1 is 1.48 bits per heavy atom. The third-order valence-electron chi connectivity index (χ3n) is 4.01. The first-order valence-corrected chi connectivity index (χ1v) is 7.40. The van der Waals surface area contributed by atoms with Crippen LogP contribution in [0.2, 0.25) is 0 Å². The number of benzene rings is 1. The number of ether oxygens (including phenoxy) is 3. The maximum absolute atomic E-state index is 11.0. The molecule has 0 radical (unpaired) electrons. The molecule has 2 atom stereocenters. The number of para-hydroxylation sites is 1. The topological polar surface area (TPSA) is 77.9 Å². The molecule has 2 aromatic rings. The van der Waals surface area contributed by atoms with Crippen molar-refractivity contribution in [2.24, 2.45) is 0 Å². The largest absolute Gasteiger partial charge is 0.496 e. The van der Waals surface area contributed by atoms with E-state index in [-0.39, 0.29) is 6.61 Å². The fraction of sp³-hybridized carbons (Fsp3) is 0.412. The summed E-state index contributed by atoms with van der Waals surface area (Å²) in [6, 6.07) is 7.63. The fourth-order valence-corrected chi connectivity index (χ4v) is 2.76. The van der Waals surface area contributed by atoms with Crippen LogP contribution in [0.4, 0.5) is 0 Å². The van der Waals surface area contributed by atoms with Gasteiger partial charge >= 0.3 is 5.97 Å². The average molecular weight is 317 g/mol. The van der Waals surface area contributed by atoms with E-state index in [0.717, 1.165) is 16.5 Å². The minimum atomic E-state index is -1.32. The summed E-state index contributed by atoms with van der Waals surface area (Å²) in [6.45, 7) is 2.75. The van der Waals surface area contributed by atoms with Crippen molar-refractivity contribution in [2.75, 3.05) is 13.7 Å². The van der Waals surface area contributed by atoms with Gasteiger partial charge in [0.1, 0.15) is 24.1 Å². The number of carbonyl (C=O) groups excluding carboxylic acids is 1. The molecule has 1 unspecified atom stereocenters. The maximum Gasteiger partial charge on any atom is 0.302 e. The van der Waals surface area contributed by atoms with Gasteiger partial charge in [0.25, 0.3) is 0 Å². The van der Waals surface area contributed by atoms with Gasteiger partial charge in [-0.3, -0.25) is 4.79 Å². The van der Waals surface area contributed by atoms with Crippen LogP contribution in [0.3, 0.4) is 0 Å². The highest BCUT2D eigenvalue weighted by Gasteiger charge is 2.42. The van der Waals surface area contributed by atoms with Crippen LogP contribution in [0.5, 0.6) is 11.6 Å². The molecule has 0 fully saturated rings. The Bertz CT molecular complexity index is 756. The van der Waals surface area contributed by atoms with E-state index in [1.807, 2.05) is 24.3 Å². The summed E-state index contributed by atoms with van der Waals surface area (Å²) >= 11 is 0. The molecule has 1 aliphatic heterocycles. The summed E-state index contributed by atoms with van der Waals surface area (Å²) in [7, 11) is 1.60. The molecule has 1 N–H and O–H groups in total. The number of methoxy groups -OCH3 is 1. The second-order valence-electron chi connectivity index (χ2n) is 5.89. The molecule has 0 spiro atoms. The summed E-state index contributed by atoms with van der Waals surface area (Å²) in [5.74, 6) is 0.715. The summed E-state index contributed by atoms with van der Waals surface area (Å²) in [6.07, 6.45) is -0.125. The Kier molecular flexibility index (Phi) is 3.85. The summed E-state index contributed by atoms with van der Waals surface area (Å²) in [5, 5.41) is 11.5. The van der Waals surface area contributed by atoms with Crippen molar-refractivity contribution in [2.45, 2.75) is 32.0 Å². The molecule has 1 aliphatic rings. The van der Waals surface area contributed by atoms with E-state index in [1.54, 1.807) is 14.0 Å².